The maximum absolute atomic E-state index is 4.28. The molecule has 3 nitrogen and oxygen atoms in total. The highest BCUT2D eigenvalue weighted by Crippen LogP contribution is 2.19. The molecule has 2 N–H and O–H groups in total. The summed E-state index contributed by atoms with van der Waals surface area (Å²) in [6.45, 7) is 8.34. The van der Waals surface area contributed by atoms with Crippen molar-refractivity contribution in [3.8, 4) is 0 Å². The number of nitrogens with one attached hydrogen (secondary N) is 2. The quantitative estimate of drug-likeness (QED) is 0.625. The molecule has 0 fully saturated rings. The molecule has 1 rings (SSSR count). The van der Waals surface area contributed by atoms with Crippen LogP contribution in [0.4, 0.5) is 0 Å². The summed E-state index contributed by atoms with van der Waals surface area (Å²) in [5.41, 5.74) is 2.72. The van der Waals surface area contributed by atoms with Crippen molar-refractivity contribution in [1.82, 2.24) is 10.6 Å². The molecule has 0 aliphatic carbocycles. The lowest BCUT2D eigenvalue weighted by Gasteiger charge is -2.24. The molecule has 0 aliphatic heterocycles. The number of aryl methyl sites for hydroxylation is 1. The Morgan fingerprint density at radius 2 is 1.85 bits per heavy atom. The summed E-state index contributed by atoms with van der Waals surface area (Å²) >= 11 is 1.85. The molecule has 0 aliphatic rings. The molecule has 0 bridgehead atoms. The fourth-order valence-electron chi connectivity index (χ4n) is 1.84. The van der Waals surface area contributed by atoms with Crippen LogP contribution in [0.1, 0.15) is 31.9 Å². The van der Waals surface area contributed by atoms with Gasteiger partial charge in [0, 0.05) is 24.9 Å². The smallest absolute Gasteiger partial charge is 0.191 e. The highest BCUT2D eigenvalue weighted by atomic mass is 32.2. The Labute approximate surface area is 127 Å². The van der Waals surface area contributed by atoms with E-state index in [0.717, 1.165) is 25.5 Å². The third kappa shape index (κ3) is 5.45. The fraction of sp³-hybridized carbons (Fsp3) is 0.562. The second-order valence-electron chi connectivity index (χ2n) is 5.37. The number of benzene rings is 1. The van der Waals surface area contributed by atoms with E-state index in [2.05, 4.69) is 66.9 Å². The first kappa shape index (κ1) is 16.9. The van der Waals surface area contributed by atoms with Crippen molar-refractivity contribution in [3.05, 3.63) is 35.4 Å². The molecule has 0 amide bonds. The van der Waals surface area contributed by atoms with E-state index in [1.54, 1.807) is 0 Å². The van der Waals surface area contributed by atoms with E-state index in [0.29, 0.717) is 0 Å². The summed E-state index contributed by atoms with van der Waals surface area (Å²) < 4.78 is 0.207. The second-order valence-corrected chi connectivity index (χ2v) is 6.88. The van der Waals surface area contributed by atoms with Crippen LogP contribution in [0.2, 0.25) is 0 Å². The third-order valence-electron chi connectivity index (χ3n) is 3.40. The van der Waals surface area contributed by atoms with Gasteiger partial charge in [-0.15, -0.1) is 0 Å². The minimum Gasteiger partial charge on any atom is -0.355 e. The van der Waals surface area contributed by atoms with Crippen molar-refractivity contribution in [1.29, 1.82) is 0 Å². The maximum atomic E-state index is 4.28. The van der Waals surface area contributed by atoms with Crippen LogP contribution in [-0.2, 0) is 13.0 Å². The van der Waals surface area contributed by atoms with Gasteiger partial charge in [0.2, 0.25) is 0 Å². The van der Waals surface area contributed by atoms with E-state index in [9.17, 15) is 0 Å². The van der Waals surface area contributed by atoms with Gasteiger partial charge in [0.25, 0.3) is 0 Å². The molecule has 112 valence electrons. The van der Waals surface area contributed by atoms with Crippen LogP contribution in [0, 0.1) is 0 Å². The molecular weight excluding hydrogens is 266 g/mol. The number of guanidine groups is 1. The first-order chi connectivity index (χ1) is 9.52. The first-order valence-corrected chi connectivity index (χ1v) is 8.31. The summed E-state index contributed by atoms with van der Waals surface area (Å²) in [5, 5.41) is 6.77. The zero-order valence-corrected chi connectivity index (χ0v) is 14.1. The molecule has 0 saturated heterocycles. The van der Waals surface area contributed by atoms with Gasteiger partial charge in [-0.1, -0.05) is 31.2 Å². The Morgan fingerprint density at radius 1 is 1.20 bits per heavy atom. The van der Waals surface area contributed by atoms with Gasteiger partial charge in [0.15, 0.2) is 5.96 Å². The number of rotatable bonds is 6. The summed E-state index contributed by atoms with van der Waals surface area (Å²) in [6, 6.07) is 8.54. The average molecular weight is 293 g/mol. The molecule has 0 radical (unpaired) electrons. The maximum Gasteiger partial charge on any atom is 0.191 e. The number of nitrogens with zero attached hydrogens (tertiary/aromatic N) is 1. The Kier molecular flexibility index (Phi) is 6.93. The fourth-order valence-corrected chi connectivity index (χ4v) is 2.06. The first-order valence-electron chi connectivity index (χ1n) is 7.09. The zero-order valence-electron chi connectivity index (χ0n) is 13.3. The van der Waals surface area contributed by atoms with Crippen LogP contribution in [0.15, 0.2) is 29.3 Å². The lowest BCUT2D eigenvalue weighted by Crippen LogP contribution is -2.43. The zero-order chi connectivity index (χ0) is 15.0. The van der Waals surface area contributed by atoms with Crippen LogP contribution >= 0.6 is 11.8 Å². The molecule has 0 aromatic heterocycles. The SMILES string of the molecule is CCc1ccccc1CNC(=NC)NCC(C)(C)SC. The summed E-state index contributed by atoms with van der Waals surface area (Å²) in [6.07, 6.45) is 3.19. The molecule has 0 spiro atoms. The van der Waals surface area contributed by atoms with Gasteiger partial charge >= 0.3 is 0 Å². The Hall–Kier alpha value is -1.16. The molecular formula is C16H27N3S. The molecule has 0 saturated carbocycles. The monoisotopic (exact) mass is 293 g/mol. The number of hydrogen-bond acceptors (Lipinski definition) is 2. The lowest BCUT2D eigenvalue weighted by atomic mass is 10.1. The van der Waals surface area contributed by atoms with Crippen molar-refractivity contribution in [2.75, 3.05) is 19.8 Å². The van der Waals surface area contributed by atoms with Gasteiger partial charge in [-0.3, -0.25) is 4.99 Å². The average Bonchev–Trinajstić information content (AvgIpc) is 2.47. The minimum atomic E-state index is 0.207. The molecule has 1 aromatic rings. The van der Waals surface area contributed by atoms with Gasteiger partial charge in [0.1, 0.15) is 0 Å². The van der Waals surface area contributed by atoms with Crippen molar-refractivity contribution in [2.24, 2.45) is 4.99 Å². The largest absolute Gasteiger partial charge is 0.355 e. The van der Waals surface area contributed by atoms with E-state index >= 15 is 0 Å². The standard InChI is InChI=1S/C16H27N3S/c1-6-13-9-7-8-10-14(13)11-18-15(17-4)19-12-16(2,3)20-5/h7-10H,6,11-12H2,1-5H3,(H2,17,18,19). The van der Waals surface area contributed by atoms with E-state index in [1.165, 1.54) is 11.1 Å². The van der Waals surface area contributed by atoms with E-state index in [1.807, 2.05) is 18.8 Å². The molecule has 0 unspecified atom stereocenters. The third-order valence-corrected chi connectivity index (χ3v) is 4.65. The minimum absolute atomic E-state index is 0.207. The van der Waals surface area contributed by atoms with E-state index in [-0.39, 0.29) is 4.75 Å². The van der Waals surface area contributed by atoms with E-state index in [4.69, 9.17) is 0 Å². The number of aliphatic imine (C=N–C) groups is 1. The molecule has 1 aromatic carbocycles. The number of thioether (sulfide) groups is 1. The van der Waals surface area contributed by atoms with Gasteiger partial charge in [-0.2, -0.15) is 11.8 Å². The summed E-state index contributed by atoms with van der Waals surface area (Å²) in [4.78, 5) is 4.28. The van der Waals surface area contributed by atoms with Crippen molar-refractivity contribution in [2.45, 2.75) is 38.5 Å². The predicted molar refractivity (Wildman–Crippen MR) is 91.6 cm³/mol. The number of hydrogen-bond donors (Lipinski definition) is 2. The molecule has 20 heavy (non-hydrogen) atoms. The van der Waals surface area contributed by atoms with Gasteiger partial charge in [-0.25, -0.2) is 0 Å². The Bertz CT molecular complexity index is 441. The Balaban J connectivity index is 2.54. The molecule has 4 heteroatoms. The summed E-state index contributed by atoms with van der Waals surface area (Å²) in [5.74, 6) is 0.859. The van der Waals surface area contributed by atoms with Crippen molar-refractivity contribution >= 4 is 17.7 Å². The highest BCUT2D eigenvalue weighted by Gasteiger charge is 2.16. The Morgan fingerprint density at radius 3 is 2.40 bits per heavy atom. The topological polar surface area (TPSA) is 36.4 Å². The second kappa shape index (κ2) is 8.20. The van der Waals surface area contributed by atoms with Crippen LogP contribution in [0.25, 0.3) is 0 Å². The van der Waals surface area contributed by atoms with Crippen molar-refractivity contribution < 1.29 is 0 Å². The summed E-state index contributed by atoms with van der Waals surface area (Å²) in [7, 11) is 1.81. The highest BCUT2D eigenvalue weighted by molar-refractivity contribution is 7.99. The van der Waals surface area contributed by atoms with Gasteiger partial charge in [0.05, 0.1) is 0 Å². The molecule has 0 heterocycles. The van der Waals surface area contributed by atoms with Gasteiger partial charge < -0.3 is 10.6 Å². The molecule has 0 atom stereocenters. The van der Waals surface area contributed by atoms with Crippen LogP contribution < -0.4 is 10.6 Å². The predicted octanol–water partition coefficient (Wildman–Crippen LogP) is 3.06. The van der Waals surface area contributed by atoms with Gasteiger partial charge in [-0.05, 0) is 37.7 Å². The van der Waals surface area contributed by atoms with Crippen LogP contribution in [-0.4, -0.2) is 30.6 Å². The lowest BCUT2D eigenvalue weighted by molar-refractivity contribution is 0.664. The van der Waals surface area contributed by atoms with Crippen LogP contribution in [0.3, 0.4) is 0 Å². The van der Waals surface area contributed by atoms with Crippen molar-refractivity contribution in [3.63, 3.8) is 0 Å². The van der Waals surface area contributed by atoms with Crippen LogP contribution in [0.5, 0.6) is 0 Å². The normalized spacial score (nSPS) is 12.3. The van der Waals surface area contributed by atoms with E-state index < -0.39 is 0 Å².